The Labute approximate surface area is 184 Å². The Morgan fingerprint density at radius 3 is 2.84 bits per heavy atom. The van der Waals surface area contributed by atoms with Gasteiger partial charge in [0.05, 0.1) is 18.1 Å². The van der Waals surface area contributed by atoms with Gasteiger partial charge in [-0.15, -0.1) is 6.42 Å². The summed E-state index contributed by atoms with van der Waals surface area (Å²) in [6.07, 6.45) is 12.7. The molecular weight excluding hydrogens is 416 g/mol. The maximum Gasteiger partial charge on any atom is 0.146 e. The van der Waals surface area contributed by atoms with Gasteiger partial charge in [-0.05, 0) is 49.4 Å². The fraction of sp³-hybridized carbons (Fsp3) is 0.167. The van der Waals surface area contributed by atoms with Gasteiger partial charge in [0, 0.05) is 35.5 Å². The first kappa shape index (κ1) is 20.9. The van der Waals surface area contributed by atoms with Crippen molar-refractivity contribution in [3.63, 3.8) is 0 Å². The molecule has 1 aromatic carbocycles. The van der Waals surface area contributed by atoms with Crippen LogP contribution in [0.25, 0.3) is 5.70 Å². The van der Waals surface area contributed by atoms with Crippen molar-refractivity contribution in [3.8, 4) is 12.3 Å². The summed E-state index contributed by atoms with van der Waals surface area (Å²) < 4.78 is 34.3. The molecule has 0 fully saturated rings. The van der Waals surface area contributed by atoms with Gasteiger partial charge >= 0.3 is 0 Å². The van der Waals surface area contributed by atoms with Gasteiger partial charge in [-0.2, -0.15) is 5.10 Å². The fourth-order valence-corrected chi connectivity index (χ4v) is 5.10. The summed E-state index contributed by atoms with van der Waals surface area (Å²) >= 11 is 1.34. The largest absolute Gasteiger partial charge is 0.498 e. The molecule has 1 spiro atoms. The molecule has 0 radical (unpaired) electrons. The molecule has 4 rings (SSSR count). The number of pyridine rings is 1. The number of rotatable bonds is 4. The van der Waals surface area contributed by atoms with E-state index >= 15 is 0 Å². The molecule has 1 atom stereocenters. The van der Waals surface area contributed by atoms with Crippen LogP contribution in [0.1, 0.15) is 24.5 Å². The minimum Gasteiger partial charge on any atom is -0.498 e. The van der Waals surface area contributed by atoms with E-state index in [2.05, 4.69) is 17.5 Å². The van der Waals surface area contributed by atoms with Gasteiger partial charge in [0.15, 0.2) is 0 Å². The number of nitrogens with zero attached hydrogens (tertiary/aromatic N) is 3. The van der Waals surface area contributed by atoms with E-state index < -0.39 is 16.5 Å². The molecule has 2 aromatic rings. The highest BCUT2D eigenvalue weighted by atomic mass is 32.2. The predicted octanol–water partition coefficient (Wildman–Crippen LogP) is 5.32. The Kier molecular flexibility index (Phi) is 5.66. The van der Waals surface area contributed by atoms with Crippen LogP contribution in [0.5, 0.6) is 0 Å². The number of thioether (sulfide) groups is 1. The maximum atomic E-state index is 14.6. The van der Waals surface area contributed by atoms with Crippen molar-refractivity contribution < 1.29 is 13.5 Å². The van der Waals surface area contributed by atoms with E-state index in [4.69, 9.17) is 16.3 Å². The van der Waals surface area contributed by atoms with Gasteiger partial charge in [-0.25, -0.2) is 13.8 Å². The third-order valence-corrected chi connectivity index (χ3v) is 6.56. The molecule has 31 heavy (non-hydrogen) atoms. The number of terminal acetylenes is 1. The molecule has 0 saturated carbocycles. The number of halogens is 2. The molecule has 0 aliphatic carbocycles. The highest BCUT2D eigenvalue weighted by molar-refractivity contribution is 8.16. The van der Waals surface area contributed by atoms with Crippen LogP contribution in [0.2, 0.25) is 0 Å². The summed E-state index contributed by atoms with van der Waals surface area (Å²) in [7, 11) is 0. The molecule has 0 N–H and O–H groups in total. The topological polar surface area (TPSA) is 37.7 Å². The number of allylic oxidation sites excluding steroid dienone is 2. The number of hydrazone groups is 1. The van der Waals surface area contributed by atoms with Gasteiger partial charge in [-0.1, -0.05) is 24.3 Å². The van der Waals surface area contributed by atoms with Crippen LogP contribution in [-0.2, 0) is 4.74 Å². The minimum absolute atomic E-state index is 0.0961. The first-order valence-electron chi connectivity index (χ1n) is 9.55. The zero-order valence-electron chi connectivity index (χ0n) is 16.8. The molecule has 4 nitrogen and oxygen atoms in total. The van der Waals surface area contributed by atoms with Crippen LogP contribution in [0.4, 0.5) is 8.78 Å². The third kappa shape index (κ3) is 3.75. The predicted molar refractivity (Wildman–Crippen MR) is 120 cm³/mol. The van der Waals surface area contributed by atoms with E-state index in [0.29, 0.717) is 29.5 Å². The van der Waals surface area contributed by atoms with E-state index in [1.54, 1.807) is 29.6 Å². The van der Waals surface area contributed by atoms with Crippen molar-refractivity contribution in [2.45, 2.75) is 18.2 Å². The van der Waals surface area contributed by atoms with Crippen LogP contribution in [0.15, 0.2) is 77.9 Å². The van der Waals surface area contributed by atoms with Crippen molar-refractivity contribution >= 4 is 22.5 Å². The number of hydrogen-bond acceptors (Lipinski definition) is 5. The third-order valence-electron chi connectivity index (χ3n) is 5.13. The standard InChI is InChI=1S/C24H19F2N3OS/c1-4-5-6-21-17(3)30-14-11-24(21)29(16(2)18-9-12-27-13-10-18)28-23(31-24)20-15-19(25)7-8-22(20)26/h1,5-10,12-13,15H,2,11,14H2,3H3/b6-5-. The highest BCUT2D eigenvalue weighted by Crippen LogP contribution is 2.53. The SMILES string of the molecule is C#C/C=C\C1=C(C)OCCC12SC(c1cc(F)ccc1F)=NN2C(=C)c1ccncc1. The van der Waals surface area contributed by atoms with Crippen LogP contribution in [0.3, 0.4) is 0 Å². The second-order valence-corrected chi connectivity index (χ2v) is 8.24. The van der Waals surface area contributed by atoms with Crippen LogP contribution in [-0.4, -0.2) is 26.5 Å². The molecule has 1 unspecified atom stereocenters. The molecule has 7 heteroatoms. The van der Waals surface area contributed by atoms with Gasteiger partial charge < -0.3 is 4.74 Å². The smallest absolute Gasteiger partial charge is 0.146 e. The zero-order chi connectivity index (χ0) is 22.0. The van der Waals surface area contributed by atoms with Gasteiger partial charge in [0.2, 0.25) is 0 Å². The van der Waals surface area contributed by atoms with E-state index in [0.717, 1.165) is 29.3 Å². The number of aromatic nitrogens is 1. The van der Waals surface area contributed by atoms with Gasteiger partial charge in [0.1, 0.15) is 21.5 Å². The average molecular weight is 435 g/mol. The number of hydrogen-bond donors (Lipinski definition) is 0. The summed E-state index contributed by atoms with van der Waals surface area (Å²) in [5.74, 6) is 2.11. The van der Waals surface area contributed by atoms with E-state index in [9.17, 15) is 8.78 Å². The lowest BCUT2D eigenvalue weighted by Gasteiger charge is -2.41. The van der Waals surface area contributed by atoms with E-state index in [1.807, 2.05) is 19.1 Å². The summed E-state index contributed by atoms with van der Waals surface area (Å²) in [4.78, 5) is 3.28. The van der Waals surface area contributed by atoms with Crippen molar-refractivity contribution in [1.29, 1.82) is 0 Å². The molecule has 156 valence electrons. The second-order valence-electron chi connectivity index (χ2n) is 6.98. The molecular formula is C24H19F2N3OS. The molecule has 0 saturated heterocycles. The summed E-state index contributed by atoms with van der Waals surface area (Å²) in [6.45, 7) is 6.53. The lowest BCUT2D eigenvalue weighted by atomic mass is 9.97. The Morgan fingerprint density at radius 1 is 1.32 bits per heavy atom. The fourth-order valence-electron chi connectivity index (χ4n) is 3.65. The first-order valence-corrected chi connectivity index (χ1v) is 10.4. The van der Waals surface area contributed by atoms with E-state index in [1.165, 1.54) is 11.8 Å². The molecule has 0 amide bonds. The van der Waals surface area contributed by atoms with Crippen molar-refractivity contribution in [2.24, 2.45) is 5.10 Å². The highest BCUT2D eigenvalue weighted by Gasteiger charge is 2.50. The Morgan fingerprint density at radius 2 is 2.10 bits per heavy atom. The summed E-state index contributed by atoms with van der Waals surface area (Å²) in [5.41, 5.74) is 2.30. The lowest BCUT2D eigenvalue weighted by Crippen LogP contribution is -2.44. The average Bonchev–Trinajstić information content (AvgIpc) is 3.14. The van der Waals surface area contributed by atoms with Crippen molar-refractivity contribution in [2.75, 3.05) is 6.61 Å². The Balaban J connectivity index is 1.89. The molecule has 1 aromatic heterocycles. The number of benzene rings is 1. The van der Waals surface area contributed by atoms with Crippen LogP contribution in [0, 0.1) is 24.0 Å². The maximum absolute atomic E-state index is 14.6. The number of ether oxygens (including phenoxy) is 1. The molecule has 3 heterocycles. The molecule has 0 bridgehead atoms. The van der Waals surface area contributed by atoms with Crippen molar-refractivity contribution in [3.05, 3.63) is 95.6 Å². The second kappa shape index (κ2) is 8.40. The van der Waals surface area contributed by atoms with Gasteiger partial charge in [-0.3, -0.25) is 4.98 Å². The zero-order valence-corrected chi connectivity index (χ0v) is 17.6. The Hall–Kier alpha value is -3.37. The van der Waals surface area contributed by atoms with E-state index in [-0.39, 0.29) is 5.56 Å². The lowest BCUT2D eigenvalue weighted by molar-refractivity contribution is 0.141. The van der Waals surface area contributed by atoms with Crippen LogP contribution >= 0.6 is 11.8 Å². The monoisotopic (exact) mass is 435 g/mol. The van der Waals surface area contributed by atoms with Crippen molar-refractivity contribution in [1.82, 2.24) is 9.99 Å². The molecule has 2 aliphatic heterocycles. The summed E-state index contributed by atoms with van der Waals surface area (Å²) in [6, 6.07) is 6.99. The van der Waals surface area contributed by atoms with Gasteiger partial charge in [0.25, 0.3) is 0 Å². The normalized spacial score (nSPS) is 20.7. The van der Waals surface area contributed by atoms with Crippen LogP contribution < -0.4 is 0 Å². The first-order chi connectivity index (χ1) is 15.0. The summed E-state index contributed by atoms with van der Waals surface area (Å²) in [5, 5.41) is 6.83. The molecule has 2 aliphatic rings. The Bertz CT molecular complexity index is 1170. The quantitative estimate of drug-likeness (QED) is 0.609. The minimum atomic E-state index is -0.774.